The highest BCUT2D eigenvalue weighted by molar-refractivity contribution is 5.50. The summed E-state index contributed by atoms with van der Waals surface area (Å²) in [5.74, 6) is 6.28. The summed E-state index contributed by atoms with van der Waals surface area (Å²) < 4.78 is 5.10. The van der Waals surface area contributed by atoms with Crippen LogP contribution in [0, 0.1) is 11.8 Å². The van der Waals surface area contributed by atoms with Crippen molar-refractivity contribution in [1.29, 1.82) is 0 Å². The molecule has 0 spiro atoms. The van der Waals surface area contributed by atoms with E-state index in [1.165, 1.54) is 12.1 Å². The SMILES string of the molecule is COc1cccc(C#Cc2ccc(O)c(O)c2)c1. The van der Waals surface area contributed by atoms with Gasteiger partial charge in [0.15, 0.2) is 11.5 Å². The van der Waals surface area contributed by atoms with Crippen molar-refractivity contribution in [2.24, 2.45) is 0 Å². The molecule has 0 saturated heterocycles. The van der Waals surface area contributed by atoms with Gasteiger partial charge >= 0.3 is 0 Å². The van der Waals surface area contributed by atoms with Crippen molar-refractivity contribution in [3.8, 4) is 29.1 Å². The van der Waals surface area contributed by atoms with Crippen LogP contribution in [0.4, 0.5) is 0 Å². The van der Waals surface area contributed by atoms with Gasteiger partial charge in [-0.05, 0) is 36.4 Å². The van der Waals surface area contributed by atoms with E-state index in [1.807, 2.05) is 24.3 Å². The molecule has 2 aromatic rings. The van der Waals surface area contributed by atoms with E-state index >= 15 is 0 Å². The van der Waals surface area contributed by atoms with Crippen LogP contribution in [0.25, 0.3) is 0 Å². The molecule has 0 amide bonds. The molecule has 0 bridgehead atoms. The average molecular weight is 240 g/mol. The van der Waals surface area contributed by atoms with Crippen molar-refractivity contribution < 1.29 is 14.9 Å². The Hall–Kier alpha value is -2.60. The van der Waals surface area contributed by atoms with Crippen LogP contribution in [0.5, 0.6) is 17.2 Å². The van der Waals surface area contributed by atoms with E-state index < -0.39 is 0 Å². The number of aromatic hydroxyl groups is 2. The highest BCUT2D eigenvalue weighted by Gasteiger charge is 1.98. The van der Waals surface area contributed by atoms with Gasteiger partial charge < -0.3 is 14.9 Å². The smallest absolute Gasteiger partial charge is 0.158 e. The van der Waals surface area contributed by atoms with Crippen molar-refractivity contribution in [2.45, 2.75) is 0 Å². The van der Waals surface area contributed by atoms with Gasteiger partial charge in [-0.1, -0.05) is 17.9 Å². The number of rotatable bonds is 1. The summed E-state index contributed by atoms with van der Waals surface area (Å²) in [6.45, 7) is 0. The third-order valence-corrected chi connectivity index (χ3v) is 2.40. The molecule has 0 aliphatic carbocycles. The fourth-order valence-corrected chi connectivity index (χ4v) is 1.45. The molecule has 2 N–H and O–H groups in total. The molecule has 2 rings (SSSR count). The van der Waals surface area contributed by atoms with Crippen LogP contribution < -0.4 is 4.74 Å². The first-order chi connectivity index (χ1) is 8.69. The van der Waals surface area contributed by atoms with Crippen molar-refractivity contribution in [3.63, 3.8) is 0 Å². The molecule has 0 heterocycles. The molecular formula is C15H12O3. The Morgan fingerprint density at radius 2 is 1.61 bits per heavy atom. The summed E-state index contributed by atoms with van der Waals surface area (Å²) in [6.07, 6.45) is 0. The van der Waals surface area contributed by atoms with E-state index in [1.54, 1.807) is 13.2 Å². The van der Waals surface area contributed by atoms with Crippen LogP contribution in [0.15, 0.2) is 42.5 Å². The summed E-state index contributed by atoms with van der Waals surface area (Å²) >= 11 is 0. The minimum absolute atomic E-state index is 0.151. The van der Waals surface area contributed by atoms with Gasteiger partial charge in [-0.2, -0.15) is 0 Å². The van der Waals surface area contributed by atoms with Crippen LogP contribution in [0.1, 0.15) is 11.1 Å². The van der Waals surface area contributed by atoms with Gasteiger partial charge in [0.25, 0.3) is 0 Å². The number of benzene rings is 2. The lowest BCUT2D eigenvalue weighted by atomic mass is 10.1. The molecule has 0 fully saturated rings. The van der Waals surface area contributed by atoms with Crippen molar-refractivity contribution >= 4 is 0 Å². The molecule has 3 heteroatoms. The minimum Gasteiger partial charge on any atom is -0.504 e. The number of methoxy groups -OCH3 is 1. The standard InChI is InChI=1S/C15H12O3/c1-18-13-4-2-3-11(9-13)5-6-12-7-8-14(16)15(17)10-12/h2-4,7-10,16-17H,1H3. The van der Waals surface area contributed by atoms with Gasteiger partial charge in [0.2, 0.25) is 0 Å². The molecule has 3 nitrogen and oxygen atoms in total. The van der Waals surface area contributed by atoms with E-state index in [2.05, 4.69) is 11.8 Å². The quantitative estimate of drug-likeness (QED) is 0.594. The highest BCUT2D eigenvalue weighted by atomic mass is 16.5. The average Bonchev–Trinajstić information content (AvgIpc) is 2.40. The van der Waals surface area contributed by atoms with E-state index in [0.29, 0.717) is 5.56 Å². The first kappa shape index (κ1) is 11.9. The Kier molecular flexibility index (Phi) is 3.40. The maximum atomic E-state index is 9.34. The maximum absolute atomic E-state index is 9.34. The van der Waals surface area contributed by atoms with Crippen LogP contribution in [-0.2, 0) is 0 Å². The van der Waals surface area contributed by atoms with Crippen LogP contribution in [0.3, 0.4) is 0 Å². The normalized spacial score (nSPS) is 9.39. The van der Waals surface area contributed by atoms with E-state index in [0.717, 1.165) is 11.3 Å². The first-order valence-electron chi connectivity index (χ1n) is 5.37. The fraction of sp³-hybridized carbons (Fsp3) is 0.0667. The molecule has 0 aliphatic rings. The molecule has 90 valence electrons. The second kappa shape index (κ2) is 5.15. The van der Waals surface area contributed by atoms with E-state index in [4.69, 9.17) is 4.74 Å². The second-order valence-electron chi connectivity index (χ2n) is 3.69. The third kappa shape index (κ3) is 2.74. The maximum Gasteiger partial charge on any atom is 0.158 e. The van der Waals surface area contributed by atoms with Crippen molar-refractivity contribution in [2.75, 3.05) is 7.11 Å². The van der Waals surface area contributed by atoms with Gasteiger partial charge in [-0.25, -0.2) is 0 Å². The summed E-state index contributed by atoms with van der Waals surface area (Å²) in [7, 11) is 1.60. The Morgan fingerprint density at radius 1 is 0.889 bits per heavy atom. The molecule has 0 atom stereocenters. The first-order valence-corrected chi connectivity index (χ1v) is 5.37. The van der Waals surface area contributed by atoms with Gasteiger partial charge in [-0.3, -0.25) is 0 Å². The summed E-state index contributed by atoms with van der Waals surface area (Å²) in [5.41, 5.74) is 1.45. The predicted molar refractivity (Wildman–Crippen MR) is 68.7 cm³/mol. The zero-order chi connectivity index (χ0) is 13.0. The molecule has 0 aliphatic heterocycles. The number of hydrogen-bond donors (Lipinski definition) is 2. The predicted octanol–water partition coefficient (Wildman–Crippen LogP) is 2.51. The molecular weight excluding hydrogens is 228 g/mol. The number of hydrogen-bond acceptors (Lipinski definition) is 3. The summed E-state index contributed by atoms with van der Waals surface area (Å²) in [4.78, 5) is 0. The summed E-state index contributed by atoms with van der Waals surface area (Å²) in [6, 6.07) is 11.9. The number of phenolic OH excluding ortho intramolecular Hbond substituents is 2. The minimum atomic E-state index is -0.174. The molecule has 18 heavy (non-hydrogen) atoms. The number of phenols is 2. The topological polar surface area (TPSA) is 49.7 Å². The van der Waals surface area contributed by atoms with Crippen molar-refractivity contribution in [1.82, 2.24) is 0 Å². The fourth-order valence-electron chi connectivity index (χ4n) is 1.45. The van der Waals surface area contributed by atoms with Crippen LogP contribution in [-0.4, -0.2) is 17.3 Å². The van der Waals surface area contributed by atoms with Gasteiger partial charge in [0.1, 0.15) is 5.75 Å². The van der Waals surface area contributed by atoms with Crippen molar-refractivity contribution in [3.05, 3.63) is 53.6 Å². The largest absolute Gasteiger partial charge is 0.504 e. The Morgan fingerprint density at radius 3 is 2.28 bits per heavy atom. The molecule has 0 saturated carbocycles. The lowest BCUT2D eigenvalue weighted by Crippen LogP contribution is -1.83. The summed E-state index contributed by atoms with van der Waals surface area (Å²) in [5, 5.41) is 18.5. The van der Waals surface area contributed by atoms with E-state index in [-0.39, 0.29) is 11.5 Å². The lowest BCUT2D eigenvalue weighted by Gasteiger charge is -1.98. The van der Waals surface area contributed by atoms with Gasteiger partial charge in [0, 0.05) is 11.1 Å². The molecule has 0 aromatic heterocycles. The van der Waals surface area contributed by atoms with Gasteiger partial charge in [-0.15, -0.1) is 0 Å². The Bertz CT molecular complexity index is 621. The zero-order valence-electron chi connectivity index (χ0n) is 9.84. The molecule has 0 radical (unpaired) electrons. The van der Waals surface area contributed by atoms with Gasteiger partial charge in [0.05, 0.1) is 7.11 Å². The van der Waals surface area contributed by atoms with Crippen LogP contribution in [0.2, 0.25) is 0 Å². The van der Waals surface area contributed by atoms with Crippen LogP contribution >= 0.6 is 0 Å². The molecule has 2 aromatic carbocycles. The Balaban J connectivity index is 2.27. The zero-order valence-corrected chi connectivity index (χ0v) is 9.84. The highest BCUT2D eigenvalue weighted by Crippen LogP contribution is 2.24. The lowest BCUT2D eigenvalue weighted by molar-refractivity contribution is 0.403. The second-order valence-corrected chi connectivity index (χ2v) is 3.69. The third-order valence-electron chi connectivity index (χ3n) is 2.40. The van der Waals surface area contributed by atoms with E-state index in [9.17, 15) is 10.2 Å². The Labute approximate surface area is 105 Å². The molecule has 0 unspecified atom stereocenters. The number of ether oxygens (including phenoxy) is 1. The monoisotopic (exact) mass is 240 g/mol.